The summed E-state index contributed by atoms with van der Waals surface area (Å²) < 4.78 is 0. The van der Waals surface area contributed by atoms with Gasteiger partial charge in [0, 0.05) is 24.0 Å². The lowest BCUT2D eigenvalue weighted by Gasteiger charge is -2.12. The summed E-state index contributed by atoms with van der Waals surface area (Å²) in [7, 11) is 0. The summed E-state index contributed by atoms with van der Waals surface area (Å²) in [6.45, 7) is 1.73. The number of carbonyl (C=O) groups is 2. The fourth-order valence-corrected chi connectivity index (χ4v) is 2.35. The molecule has 1 aliphatic carbocycles. The van der Waals surface area contributed by atoms with Gasteiger partial charge in [-0.05, 0) is 26.2 Å². The highest BCUT2D eigenvalue weighted by atomic mass is 16.4. The van der Waals surface area contributed by atoms with Crippen molar-refractivity contribution in [2.75, 3.05) is 0 Å². The van der Waals surface area contributed by atoms with Gasteiger partial charge in [-0.1, -0.05) is 0 Å². The van der Waals surface area contributed by atoms with Crippen molar-refractivity contribution in [2.24, 2.45) is 5.92 Å². The number of aromatic amines is 1. The maximum Gasteiger partial charge on any atom is 0.306 e. The lowest BCUT2D eigenvalue weighted by molar-refractivity contribution is -0.141. The van der Waals surface area contributed by atoms with E-state index in [2.05, 4.69) is 10.3 Å². The van der Waals surface area contributed by atoms with Crippen molar-refractivity contribution in [3.63, 3.8) is 0 Å². The number of rotatable bonds is 3. The van der Waals surface area contributed by atoms with Crippen molar-refractivity contribution in [1.82, 2.24) is 10.3 Å². The fourth-order valence-electron chi connectivity index (χ4n) is 2.35. The third-order valence-corrected chi connectivity index (χ3v) is 3.42. The lowest BCUT2D eigenvalue weighted by Crippen LogP contribution is -2.36. The first-order chi connectivity index (χ1) is 8.97. The van der Waals surface area contributed by atoms with Crippen LogP contribution in [0.2, 0.25) is 0 Å². The summed E-state index contributed by atoms with van der Waals surface area (Å²) in [6, 6.07) is 1.19. The quantitative estimate of drug-likeness (QED) is 0.747. The molecule has 3 N–H and O–H groups in total. The highest BCUT2D eigenvalue weighted by molar-refractivity contribution is 5.94. The summed E-state index contributed by atoms with van der Waals surface area (Å²) in [4.78, 5) is 37.2. The number of nitrogens with one attached hydrogen (secondary N) is 2. The van der Waals surface area contributed by atoms with E-state index >= 15 is 0 Å². The van der Waals surface area contributed by atoms with Crippen molar-refractivity contribution in [2.45, 2.75) is 32.2 Å². The minimum Gasteiger partial charge on any atom is -0.481 e. The molecule has 0 radical (unpaired) electrons. The van der Waals surface area contributed by atoms with Gasteiger partial charge in [-0.3, -0.25) is 14.4 Å². The molecule has 0 aliphatic heterocycles. The van der Waals surface area contributed by atoms with Gasteiger partial charge in [0.15, 0.2) is 5.43 Å². The van der Waals surface area contributed by atoms with E-state index in [1.165, 1.54) is 12.3 Å². The van der Waals surface area contributed by atoms with E-state index < -0.39 is 17.8 Å². The van der Waals surface area contributed by atoms with Gasteiger partial charge in [0.05, 0.1) is 5.92 Å². The average molecular weight is 264 g/mol. The van der Waals surface area contributed by atoms with Crippen LogP contribution in [0.5, 0.6) is 0 Å². The lowest BCUT2D eigenvalue weighted by atomic mass is 10.1. The van der Waals surface area contributed by atoms with E-state index in [0.717, 1.165) is 0 Å². The largest absolute Gasteiger partial charge is 0.481 e. The van der Waals surface area contributed by atoms with Crippen LogP contribution in [-0.2, 0) is 4.79 Å². The van der Waals surface area contributed by atoms with Crippen LogP contribution in [0.3, 0.4) is 0 Å². The second kappa shape index (κ2) is 5.26. The molecule has 1 saturated carbocycles. The van der Waals surface area contributed by atoms with Crippen LogP contribution in [0, 0.1) is 12.8 Å². The zero-order valence-electron chi connectivity index (χ0n) is 10.6. The van der Waals surface area contributed by atoms with Crippen LogP contribution >= 0.6 is 0 Å². The molecule has 2 atom stereocenters. The van der Waals surface area contributed by atoms with Gasteiger partial charge in [0.1, 0.15) is 5.56 Å². The van der Waals surface area contributed by atoms with Gasteiger partial charge in [0.2, 0.25) is 0 Å². The van der Waals surface area contributed by atoms with E-state index in [4.69, 9.17) is 5.11 Å². The number of aliphatic carboxylic acids is 1. The Balaban J connectivity index is 2.02. The number of hydrogen-bond acceptors (Lipinski definition) is 3. The van der Waals surface area contributed by atoms with Crippen LogP contribution in [0.25, 0.3) is 0 Å². The van der Waals surface area contributed by atoms with E-state index in [9.17, 15) is 14.4 Å². The number of pyridine rings is 1. The number of carboxylic acids is 1. The van der Waals surface area contributed by atoms with Gasteiger partial charge in [-0.2, -0.15) is 0 Å². The molecule has 0 saturated heterocycles. The zero-order valence-corrected chi connectivity index (χ0v) is 10.6. The van der Waals surface area contributed by atoms with Gasteiger partial charge < -0.3 is 15.4 Å². The molecule has 1 amide bonds. The molecule has 1 aromatic rings. The summed E-state index contributed by atoms with van der Waals surface area (Å²) in [6.07, 6.45) is 3.00. The van der Waals surface area contributed by atoms with Gasteiger partial charge in [-0.15, -0.1) is 0 Å². The minimum absolute atomic E-state index is 0.0596. The Labute approximate surface area is 109 Å². The van der Waals surface area contributed by atoms with E-state index in [-0.39, 0.29) is 17.0 Å². The molecular formula is C13H16N2O4. The Morgan fingerprint density at radius 1 is 1.42 bits per heavy atom. The predicted octanol–water partition coefficient (Wildman–Crippen LogP) is 0.666. The molecule has 19 heavy (non-hydrogen) atoms. The number of hydrogen-bond donors (Lipinski definition) is 3. The second-order valence-electron chi connectivity index (χ2n) is 4.91. The molecule has 6 heteroatoms. The molecule has 102 valence electrons. The molecular weight excluding hydrogens is 248 g/mol. The highest BCUT2D eigenvalue weighted by Gasteiger charge is 2.30. The molecule has 2 unspecified atom stereocenters. The van der Waals surface area contributed by atoms with Crippen LogP contribution in [-0.4, -0.2) is 28.0 Å². The Hall–Kier alpha value is -2.11. The number of aromatic nitrogens is 1. The topological polar surface area (TPSA) is 99.3 Å². The monoisotopic (exact) mass is 264 g/mol. The number of aryl methyl sites for hydroxylation is 1. The molecule has 0 bridgehead atoms. The van der Waals surface area contributed by atoms with E-state index in [1.54, 1.807) is 6.92 Å². The number of H-pyrrole nitrogens is 1. The van der Waals surface area contributed by atoms with Crippen molar-refractivity contribution < 1.29 is 14.7 Å². The van der Waals surface area contributed by atoms with E-state index in [0.29, 0.717) is 25.0 Å². The first kappa shape index (κ1) is 13.3. The third kappa shape index (κ3) is 3.01. The number of carboxylic acid groups (broad SMARTS) is 1. The molecule has 1 aromatic heterocycles. The van der Waals surface area contributed by atoms with Crippen LogP contribution in [0.1, 0.15) is 35.3 Å². The molecule has 6 nitrogen and oxygen atoms in total. The smallest absolute Gasteiger partial charge is 0.306 e. The molecule has 2 rings (SSSR count). The predicted molar refractivity (Wildman–Crippen MR) is 68.0 cm³/mol. The Bertz CT molecular complexity index is 564. The number of carbonyl (C=O) groups excluding carboxylic acids is 1. The summed E-state index contributed by atoms with van der Waals surface area (Å²) in [5.41, 5.74) is 0.416. The summed E-state index contributed by atoms with van der Waals surface area (Å²) >= 11 is 0. The van der Waals surface area contributed by atoms with Gasteiger partial charge in [0.25, 0.3) is 5.91 Å². The van der Waals surface area contributed by atoms with Crippen LogP contribution in [0.15, 0.2) is 17.1 Å². The van der Waals surface area contributed by atoms with Crippen molar-refractivity contribution >= 4 is 11.9 Å². The van der Waals surface area contributed by atoms with Crippen molar-refractivity contribution in [3.8, 4) is 0 Å². The van der Waals surface area contributed by atoms with Gasteiger partial charge >= 0.3 is 5.97 Å². The Kier molecular flexibility index (Phi) is 3.69. The molecule has 0 aromatic carbocycles. The average Bonchev–Trinajstić information content (AvgIpc) is 2.77. The molecule has 1 fully saturated rings. The highest BCUT2D eigenvalue weighted by Crippen LogP contribution is 2.25. The first-order valence-corrected chi connectivity index (χ1v) is 6.20. The summed E-state index contributed by atoms with van der Waals surface area (Å²) in [5, 5.41) is 11.6. The zero-order chi connectivity index (χ0) is 14.0. The van der Waals surface area contributed by atoms with Gasteiger partial charge in [-0.25, -0.2) is 0 Å². The van der Waals surface area contributed by atoms with Crippen molar-refractivity contribution in [3.05, 3.63) is 33.7 Å². The second-order valence-corrected chi connectivity index (χ2v) is 4.91. The molecule has 1 heterocycles. The Morgan fingerprint density at radius 2 is 2.16 bits per heavy atom. The molecule has 1 aliphatic rings. The van der Waals surface area contributed by atoms with E-state index in [1.807, 2.05) is 0 Å². The summed E-state index contributed by atoms with van der Waals surface area (Å²) in [5.74, 6) is -1.68. The van der Waals surface area contributed by atoms with Crippen LogP contribution in [0.4, 0.5) is 0 Å². The third-order valence-electron chi connectivity index (χ3n) is 3.42. The van der Waals surface area contributed by atoms with Crippen molar-refractivity contribution in [1.29, 1.82) is 0 Å². The van der Waals surface area contributed by atoms with Crippen LogP contribution < -0.4 is 10.7 Å². The Morgan fingerprint density at radius 3 is 2.74 bits per heavy atom. The molecule has 0 spiro atoms. The standard InChI is InChI=1S/C13H16N2O4/c1-7-4-11(16)10(6-14-7)12(17)15-9-3-2-8(5-9)13(18)19/h4,6,8-9H,2-3,5H2,1H3,(H,14,16)(H,15,17)(H,18,19). The maximum absolute atomic E-state index is 11.9. The first-order valence-electron chi connectivity index (χ1n) is 6.20. The fraction of sp³-hybridized carbons (Fsp3) is 0.462. The SMILES string of the molecule is Cc1cc(=O)c(C(=O)NC2CCC(C(=O)O)C2)c[nH]1. The normalized spacial score (nSPS) is 22.2. The number of amides is 1. The minimum atomic E-state index is -0.829. The maximum atomic E-state index is 11.9.